The highest BCUT2D eigenvalue weighted by atomic mass is 17.5. The van der Waals surface area contributed by atoms with Gasteiger partial charge in [0.25, 0.3) is 0 Å². The Morgan fingerprint density at radius 1 is 1.00 bits per heavy atom. The quantitative estimate of drug-likeness (QED) is 0.375. The minimum Gasteiger partial charge on any atom is -0.496 e. The molecular formula is C16H22O9. The van der Waals surface area contributed by atoms with Gasteiger partial charge in [0.05, 0.1) is 31.5 Å². The van der Waals surface area contributed by atoms with Crippen LogP contribution in [0.15, 0.2) is 18.2 Å². The zero-order valence-electron chi connectivity index (χ0n) is 14.8. The maximum Gasteiger partial charge on any atom is 0.543 e. The molecule has 0 atom stereocenters. The molecule has 25 heavy (non-hydrogen) atoms. The molecule has 0 unspecified atom stereocenters. The van der Waals surface area contributed by atoms with Crippen LogP contribution in [0.25, 0.3) is 0 Å². The lowest BCUT2D eigenvalue weighted by Gasteiger charge is -2.21. The van der Waals surface area contributed by atoms with Crippen LogP contribution in [0, 0.1) is 0 Å². The lowest BCUT2D eigenvalue weighted by atomic mass is 10.1. The second-order valence-electron chi connectivity index (χ2n) is 5.37. The largest absolute Gasteiger partial charge is 0.543 e. The van der Waals surface area contributed by atoms with Crippen LogP contribution in [0.3, 0.4) is 0 Å². The second-order valence-corrected chi connectivity index (χ2v) is 5.37. The molecule has 0 radical (unpaired) electrons. The van der Waals surface area contributed by atoms with Crippen LogP contribution >= 0.6 is 0 Å². The van der Waals surface area contributed by atoms with Crippen LogP contribution in [0.4, 0.5) is 4.79 Å². The van der Waals surface area contributed by atoms with Crippen LogP contribution in [0.5, 0.6) is 11.5 Å². The highest BCUT2D eigenvalue weighted by molar-refractivity contribution is 5.95. The van der Waals surface area contributed by atoms with Gasteiger partial charge < -0.3 is 18.9 Å². The molecule has 0 N–H and O–H groups in total. The van der Waals surface area contributed by atoms with Gasteiger partial charge in [0.2, 0.25) is 0 Å². The Hall–Kier alpha value is -2.52. The lowest BCUT2D eigenvalue weighted by molar-refractivity contribution is -0.452. The van der Waals surface area contributed by atoms with Gasteiger partial charge >= 0.3 is 12.1 Å². The molecule has 0 aliphatic heterocycles. The van der Waals surface area contributed by atoms with E-state index in [0.29, 0.717) is 6.42 Å². The predicted octanol–water partition coefficient (Wildman–Crippen LogP) is 2.68. The summed E-state index contributed by atoms with van der Waals surface area (Å²) in [4.78, 5) is 32.0. The highest BCUT2D eigenvalue weighted by Gasteiger charge is 2.22. The molecule has 0 aliphatic carbocycles. The molecule has 9 heteroatoms. The topological polar surface area (TPSA) is 98.8 Å². The second kappa shape index (κ2) is 9.70. The van der Waals surface area contributed by atoms with Gasteiger partial charge in [0.15, 0.2) is 0 Å². The Labute approximate surface area is 145 Å². The van der Waals surface area contributed by atoms with Crippen molar-refractivity contribution in [3.63, 3.8) is 0 Å². The average molecular weight is 358 g/mol. The van der Waals surface area contributed by atoms with Gasteiger partial charge in [-0.1, -0.05) is 6.07 Å². The summed E-state index contributed by atoms with van der Waals surface area (Å²) in [6, 6.07) is 4.70. The van der Waals surface area contributed by atoms with Crippen LogP contribution in [-0.2, 0) is 24.3 Å². The number of hydrogen-bond acceptors (Lipinski definition) is 9. The summed E-state index contributed by atoms with van der Waals surface area (Å²) in [5.74, 6) is -0.558. The Bertz CT molecular complexity index is 561. The van der Waals surface area contributed by atoms with Crippen molar-refractivity contribution in [1.82, 2.24) is 0 Å². The number of carbonyl (C=O) groups excluding carboxylic acids is 2. The van der Waals surface area contributed by atoms with E-state index in [1.807, 2.05) is 13.8 Å². The number of carbonyl (C=O) groups is 2. The molecule has 0 spiro atoms. The Balaban J connectivity index is 2.46. The molecule has 1 aromatic carbocycles. The Morgan fingerprint density at radius 3 is 2.12 bits per heavy atom. The molecule has 0 heterocycles. The van der Waals surface area contributed by atoms with E-state index in [-0.39, 0.29) is 23.7 Å². The molecule has 0 amide bonds. The fourth-order valence-corrected chi connectivity index (χ4v) is 1.68. The molecule has 0 aliphatic rings. The number of hydrogen-bond donors (Lipinski definition) is 0. The van der Waals surface area contributed by atoms with Gasteiger partial charge in [0.1, 0.15) is 17.1 Å². The fraction of sp³-hybridized carbons (Fsp3) is 0.500. The zero-order valence-corrected chi connectivity index (χ0v) is 14.8. The highest BCUT2D eigenvalue weighted by Crippen LogP contribution is 2.28. The van der Waals surface area contributed by atoms with Crippen molar-refractivity contribution in [2.45, 2.75) is 25.9 Å². The zero-order chi connectivity index (χ0) is 18.9. The predicted molar refractivity (Wildman–Crippen MR) is 84.2 cm³/mol. The van der Waals surface area contributed by atoms with E-state index in [0.717, 1.165) is 0 Å². The van der Waals surface area contributed by atoms with E-state index in [4.69, 9.17) is 18.9 Å². The summed E-state index contributed by atoms with van der Waals surface area (Å²) in [6.45, 7) is 3.71. The van der Waals surface area contributed by atoms with E-state index >= 15 is 0 Å². The number of benzene rings is 1. The molecule has 0 aromatic heterocycles. The molecule has 1 rings (SSSR count). The van der Waals surface area contributed by atoms with Gasteiger partial charge in [-0.15, -0.1) is 0 Å². The van der Waals surface area contributed by atoms with Crippen molar-refractivity contribution in [3.05, 3.63) is 23.8 Å². The van der Waals surface area contributed by atoms with Crippen molar-refractivity contribution >= 4 is 12.1 Å². The first-order valence-electron chi connectivity index (χ1n) is 7.33. The van der Waals surface area contributed by atoms with Crippen LogP contribution in [0.2, 0.25) is 0 Å². The van der Waals surface area contributed by atoms with Crippen molar-refractivity contribution in [2.75, 3.05) is 27.9 Å². The van der Waals surface area contributed by atoms with E-state index in [9.17, 15) is 9.59 Å². The summed E-state index contributed by atoms with van der Waals surface area (Å²) in [7, 11) is 4.30. The maximum absolute atomic E-state index is 12.0. The smallest absolute Gasteiger partial charge is 0.496 e. The molecular weight excluding hydrogens is 336 g/mol. The number of ether oxygens (including phenoxy) is 4. The average Bonchev–Trinajstić information content (AvgIpc) is 2.60. The van der Waals surface area contributed by atoms with Crippen LogP contribution in [-0.4, -0.2) is 45.7 Å². The van der Waals surface area contributed by atoms with Gasteiger partial charge in [-0.25, -0.2) is 14.5 Å². The van der Waals surface area contributed by atoms with Gasteiger partial charge in [-0.05, 0) is 26.0 Å². The summed E-state index contributed by atoms with van der Waals surface area (Å²) in [5, 5.41) is 4.15. The monoisotopic (exact) mass is 358 g/mol. The van der Waals surface area contributed by atoms with Gasteiger partial charge in [-0.3, -0.25) is 4.89 Å². The third-order valence-corrected chi connectivity index (χ3v) is 3.32. The Morgan fingerprint density at radius 2 is 1.60 bits per heavy atom. The summed E-state index contributed by atoms with van der Waals surface area (Å²) in [6.07, 6.45) is -0.719. The molecule has 0 saturated heterocycles. The van der Waals surface area contributed by atoms with E-state index < -0.39 is 17.7 Å². The fourth-order valence-electron chi connectivity index (χ4n) is 1.68. The molecule has 140 valence electrons. The first kappa shape index (κ1) is 20.5. The summed E-state index contributed by atoms with van der Waals surface area (Å²) >= 11 is 0. The Kier molecular flexibility index (Phi) is 7.96. The van der Waals surface area contributed by atoms with Crippen molar-refractivity contribution in [3.8, 4) is 11.5 Å². The summed E-state index contributed by atoms with van der Waals surface area (Å²) < 4.78 is 20.0. The lowest BCUT2D eigenvalue weighted by Crippen LogP contribution is -2.25. The SMILES string of the molecule is COc1cccc(OC)c1C(=O)OOOC(=O)OCCC(C)(C)OC. The first-order valence-corrected chi connectivity index (χ1v) is 7.33. The molecule has 9 nitrogen and oxygen atoms in total. The normalized spacial score (nSPS) is 10.8. The van der Waals surface area contributed by atoms with Crippen molar-refractivity contribution < 1.29 is 43.3 Å². The molecule has 0 saturated carbocycles. The number of methoxy groups -OCH3 is 3. The van der Waals surface area contributed by atoms with Crippen LogP contribution in [0.1, 0.15) is 30.6 Å². The van der Waals surface area contributed by atoms with Gasteiger partial charge in [-0.2, -0.15) is 0 Å². The minimum absolute atomic E-state index is 0.0219. The molecule has 0 bridgehead atoms. The third kappa shape index (κ3) is 6.48. The van der Waals surface area contributed by atoms with Gasteiger partial charge in [0, 0.05) is 13.5 Å². The standard InChI is InChI=1S/C16H22O9/c1-16(2,21-5)9-10-22-15(18)24-25-23-14(17)13-11(19-3)7-6-8-12(13)20-4/h6-8H,9-10H2,1-5H3. The van der Waals surface area contributed by atoms with Crippen molar-refractivity contribution in [2.24, 2.45) is 0 Å². The molecule has 0 fully saturated rings. The third-order valence-electron chi connectivity index (χ3n) is 3.32. The molecule has 1 aromatic rings. The maximum atomic E-state index is 12.0. The van der Waals surface area contributed by atoms with E-state index in [2.05, 4.69) is 14.8 Å². The number of rotatable bonds is 9. The minimum atomic E-state index is -1.16. The van der Waals surface area contributed by atoms with Crippen LogP contribution < -0.4 is 9.47 Å². The van der Waals surface area contributed by atoms with E-state index in [1.54, 1.807) is 13.2 Å². The first-order chi connectivity index (χ1) is 11.8. The summed E-state index contributed by atoms with van der Waals surface area (Å²) in [5.41, 5.74) is -0.472. The van der Waals surface area contributed by atoms with E-state index in [1.165, 1.54) is 26.4 Å². The van der Waals surface area contributed by atoms with Crippen molar-refractivity contribution in [1.29, 1.82) is 0 Å².